The number of esters is 1. The molecule has 2 nitrogen and oxygen atoms in total. The minimum absolute atomic E-state index is 0.0468. The van der Waals surface area contributed by atoms with Crippen molar-refractivity contribution in [3.05, 3.63) is 34.9 Å². The second kappa shape index (κ2) is 7.46. The Hall–Kier alpha value is -0.970. The highest BCUT2D eigenvalue weighted by Gasteiger charge is 2.19. The Balaban J connectivity index is 3.00. The zero-order valence-electron chi connectivity index (χ0n) is 10.1. The number of alkyl halides is 3. The largest absolute Gasteiger partial charge is 0.462 e. The van der Waals surface area contributed by atoms with Crippen LogP contribution in [0.2, 0.25) is 0 Å². The molecule has 18 heavy (non-hydrogen) atoms. The second-order valence-electron chi connectivity index (χ2n) is 3.74. The van der Waals surface area contributed by atoms with Crippen molar-refractivity contribution < 1.29 is 18.3 Å². The van der Waals surface area contributed by atoms with Crippen LogP contribution < -0.4 is 0 Å². The molecule has 0 heterocycles. The molecular weight excluding hydrogens is 306 g/mol. The van der Waals surface area contributed by atoms with Crippen LogP contribution in [0.4, 0.5) is 8.78 Å². The number of carbonyl (C=O) groups excluding carboxylic acids is 1. The molecule has 0 aliphatic heterocycles. The van der Waals surface area contributed by atoms with E-state index in [-0.39, 0.29) is 17.7 Å². The molecule has 0 aliphatic rings. The summed E-state index contributed by atoms with van der Waals surface area (Å²) in [6.45, 7) is 1.82. The van der Waals surface area contributed by atoms with Crippen molar-refractivity contribution in [3.8, 4) is 0 Å². The van der Waals surface area contributed by atoms with Crippen molar-refractivity contribution >= 4 is 21.9 Å². The first kappa shape index (κ1) is 15.1. The second-order valence-corrected chi connectivity index (χ2v) is 4.53. The first-order valence-electron chi connectivity index (χ1n) is 5.74. The molecule has 100 valence electrons. The standard InChI is InChI=1S/C13H15BrF2O2/c1-2-18-13(17)10-6-5-9(4-3-7-14)8-11(10)12(15)16/h5-6,8,12H,2-4,7H2,1H3. The summed E-state index contributed by atoms with van der Waals surface area (Å²) in [6, 6.07) is 4.50. The number of benzene rings is 1. The van der Waals surface area contributed by atoms with Gasteiger partial charge >= 0.3 is 5.97 Å². The predicted octanol–water partition coefficient (Wildman–Crippen LogP) is 4.13. The molecule has 0 amide bonds. The van der Waals surface area contributed by atoms with Crippen LogP contribution in [0.3, 0.4) is 0 Å². The average molecular weight is 321 g/mol. The Kier molecular flexibility index (Phi) is 6.25. The van der Waals surface area contributed by atoms with Gasteiger partial charge in [0.05, 0.1) is 12.2 Å². The van der Waals surface area contributed by atoms with E-state index in [0.717, 1.165) is 17.3 Å². The first-order chi connectivity index (χ1) is 8.60. The summed E-state index contributed by atoms with van der Waals surface area (Å²) >= 11 is 3.29. The van der Waals surface area contributed by atoms with Gasteiger partial charge in [-0.3, -0.25) is 0 Å². The third-order valence-corrected chi connectivity index (χ3v) is 3.01. The first-order valence-corrected chi connectivity index (χ1v) is 6.86. The van der Waals surface area contributed by atoms with Crippen LogP contribution in [-0.2, 0) is 11.2 Å². The van der Waals surface area contributed by atoms with Crippen LogP contribution in [0.25, 0.3) is 0 Å². The van der Waals surface area contributed by atoms with Crippen molar-refractivity contribution in [1.29, 1.82) is 0 Å². The van der Waals surface area contributed by atoms with E-state index in [1.807, 2.05) is 0 Å². The van der Waals surface area contributed by atoms with E-state index < -0.39 is 12.4 Å². The molecule has 0 atom stereocenters. The summed E-state index contributed by atoms with van der Waals surface area (Å²) in [5.41, 5.74) is 0.507. The SMILES string of the molecule is CCOC(=O)c1ccc(CCCBr)cc1C(F)F. The van der Waals surface area contributed by atoms with Gasteiger partial charge in [0, 0.05) is 10.9 Å². The molecule has 0 saturated heterocycles. The highest BCUT2D eigenvalue weighted by molar-refractivity contribution is 9.09. The molecule has 0 spiro atoms. The van der Waals surface area contributed by atoms with Crippen LogP contribution in [0, 0.1) is 0 Å². The molecule has 0 unspecified atom stereocenters. The third-order valence-electron chi connectivity index (χ3n) is 2.45. The Labute approximate surface area is 113 Å². The molecular formula is C13H15BrF2O2. The summed E-state index contributed by atoms with van der Waals surface area (Å²) in [7, 11) is 0. The normalized spacial score (nSPS) is 10.7. The lowest BCUT2D eigenvalue weighted by Gasteiger charge is -2.10. The van der Waals surface area contributed by atoms with E-state index in [2.05, 4.69) is 15.9 Å². The van der Waals surface area contributed by atoms with Gasteiger partial charge in [0.15, 0.2) is 0 Å². The smallest absolute Gasteiger partial charge is 0.338 e. The monoisotopic (exact) mass is 320 g/mol. The Morgan fingerprint density at radius 2 is 2.17 bits per heavy atom. The molecule has 0 aromatic heterocycles. The van der Waals surface area contributed by atoms with Gasteiger partial charge in [-0.2, -0.15) is 0 Å². The quantitative estimate of drug-likeness (QED) is 0.582. The van der Waals surface area contributed by atoms with E-state index >= 15 is 0 Å². The maximum absolute atomic E-state index is 12.9. The van der Waals surface area contributed by atoms with Crippen LogP contribution in [0.5, 0.6) is 0 Å². The number of rotatable bonds is 6. The van der Waals surface area contributed by atoms with Crippen LogP contribution >= 0.6 is 15.9 Å². The lowest BCUT2D eigenvalue weighted by molar-refractivity contribution is 0.0515. The number of hydrogen-bond donors (Lipinski definition) is 0. The summed E-state index contributed by atoms with van der Waals surface area (Å²) < 4.78 is 30.6. The van der Waals surface area contributed by atoms with Crippen LogP contribution in [-0.4, -0.2) is 17.9 Å². The Bertz CT molecular complexity index is 408. The van der Waals surface area contributed by atoms with Gasteiger partial charge in [-0.1, -0.05) is 22.0 Å². The zero-order chi connectivity index (χ0) is 13.5. The summed E-state index contributed by atoms with van der Waals surface area (Å²) in [5.74, 6) is -0.695. The van der Waals surface area contributed by atoms with E-state index in [1.54, 1.807) is 13.0 Å². The lowest BCUT2D eigenvalue weighted by atomic mass is 10.0. The molecule has 0 fully saturated rings. The van der Waals surface area contributed by atoms with Crippen molar-refractivity contribution in [2.45, 2.75) is 26.2 Å². The summed E-state index contributed by atoms with van der Waals surface area (Å²) in [5, 5.41) is 0.816. The maximum Gasteiger partial charge on any atom is 0.338 e. The predicted molar refractivity (Wildman–Crippen MR) is 69.5 cm³/mol. The van der Waals surface area contributed by atoms with Crippen molar-refractivity contribution in [2.24, 2.45) is 0 Å². The van der Waals surface area contributed by atoms with Crippen LogP contribution in [0.1, 0.15) is 41.3 Å². The number of carbonyl (C=O) groups is 1. The number of aryl methyl sites for hydroxylation is 1. The van der Waals surface area contributed by atoms with Crippen molar-refractivity contribution in [2.75, 3.05) is 11.9 Å². The van der Waals surface area contributed by atoms with Crippen molar-refractivity contribution in [1.82, 2.24) is 0 Å². The molecule has 1 aromatic carbocycles. The van der Waals surface area contributed by atoms with Gasteiger partial charge in [-0.05, 0) is 37.5 Å². The van der Waals surface area contributed by atoms with E-state index in [0.29, 0.717) is 6.42 Å². The van der Waals surface area contributed by atoms with Gasteiger partial charge in [0.2, 0.25) is 0 Å². The fraction of sp³-hybridized carbons (Fsp3) is 0.462. The number of ether oxygens (including phenoxy) is 1. The minimum Gasteiger partial charge on any atom is -0.462 e. The Morgan fingerprint density at radius 1 is 1.44 bits per heavy atom. The van der Waals surface area contributed by atoms with E-state index in [4.69, 9.17) is 4.74 Å². The van der Waals surface area contributed by atoms with Crippen molar-refractivity contribution in [3.63, 3.8) is 0 Å². The molecule has 0 radical (unpaired) electrons. The fourth-order valence-corrected chi connectivity index (χ4v) is 1.89. The van der Waals surface area contributed by atoms with Gasteiger partial charge in [-0.25, -0.2) is 13.6 Å². The molecule has 0 saturated carbocycles. The van der Waals surface area contributed by atoms with Crippen LogP contribution in [0.15, 0.2) is 18.2 Å². The van der Waals surface area contributed by atoms with E-state index in [1.165, 1.54) is 12.1 Å². The number of hydrogen-bond acceptors (Lipinski definition) is 2. The van der Waals surface area contributed by atoms with Gasteiger partial charge < -0.3 is 4.74 Å². The molecule has 0 bridgehead atoms. The zero-order valence-corrected chi connectivity index (χ0v) is 11.7. The third kappa shape index (κ3) is 4.05. The maximum atomic E-state index is 12.9. The lowest BCUT2D eigenvalue weighted by Crippen LogP contribution is -2.09. The fourth-order valence-electron chi connectivity index (χ4n) is 1.61. The molecule has 0 aliphatic carbocycles. The molecule has 1 rings (SSSR count). The molecule has 0 N–H and O–H groups in total. The minimum atomic E-state index is -2.67. The summed E-state index contributed by atoms with van der Waals surface area (Å²) in [4.78, 5) is 11.5. The summed E-state index contributed by atoms with van der Waals surface area (Å²) in [6.07, 6.45) is -1.11. The number of halogens is 3. The molecule has 5 heteroatoms. The molecule has 1 aromatic rings. The van der Waals surface area contributed by atoms with Gasteiger partial charge in [0.1, 0.15) is 0 Å². The van der Waals surface area contributed by atoms with Gasteiger partial charge in [0.25, 0.3) is 6.43 Å². The van der Waals surface area contributed by atoms with E-state index in [9.17, 15) is 13.6 Å². The topological polar surface area (TPSA) is 26.3 Å². The average Bonchev–Trinajstić information content (AvgIpc) is 2.36. The van der Waals surface area contributed by atoms with Gasteiger partial charge in [-0.15, -0.1) is 0 Å². The highest BCUT2D eigenvalue weighted by atomic mass is 79.9. The highest BCUT2D eigenvalue weighted by Crippen LogP contribution is 2.25. The Morgan fingerprint density at radius 3 is 2.72 bits per heavy atom.